The first-order chi connectivity index (χ1) is 9.71. The second-order valence-electron chi connectivity index (χ2n) is 5.43. The minimum atomic E-state index is -0.637. The third-order valence-electron chi connectivity index (χ3n) is 4.28. The maximum Gasteiger partial charge on any atom is 0.198 e. The van der Waals surface area contributed by atoms with Gasteiger partial charge in [0.2, 0.25) is 0 Å². The number of aryl methyl sites for hydroxylation is 1. The molecular weight excluding hydrogens is 272 g/mol. The molecule has 100 valence electrons. The highest BCUT2D eigenvalue weighted by Crippen LogP contribution is 2.56. The van der Waals surface area contributed by atoms with E-state index >= 15 is 0 Å². The molecule has 20 heavy (non-hydrogen) atoms. The van der Waals surface area contributed by atoms with Gasteiger partial charge >= 0.3 is 0 Å². The van der Waals surface area contributed by atoms with E-state index in [2.05, 4.69) is 0 Å². The van der Waals surface area contributed by atoms with Crippen molar-refractivity contribution >= 4 is 17.4 Å². The lowest BCUT2D eigenvalue weighted by molar-refractivity contribution is 0.0850. The molecule has 0 saturated carbocycles. The molecule has 0 aromatic heterocycles. The Balaban J connectivity index is 1.69. The molecule has 2 aromatic carbocycles. The monoisotopic (exact) mass is 284 g/mol. The van der Waals surface area contributed by atoms with Crippen molar-refractivity contribution in [3.8, 4) is 0 Å². The van der Waals surface area contributed by atoms with Crippen LogP contribution in [0.2, 0.25) is 5.02 Å². The summed E-state index contributed by atoms with van der Waals surface area (Å²) in [6.45, 7) is 0. The number of Topliss-reactive ketones (excluding diaryl/α,β-unsaturated/α-hetero) is 1. The normalized spacial score (nSPS) is 27.4. The minimum Gasteiger partial charge on any atom is -0.352 e. The Morgan fingerprint density at radius 2 is 1.85 bits per heavy atom. The van der Waals surface area contributed by atoms with E-state index in [0.717, 1.165) is 29.5 Å². The summed E-state index contributed by atoms with van der Waals surface area (Å²) < 4.78 is 5.85. The zero-order valence-corrected chi connectivity index (χ0v) is 11.6. The first-order valence-corrected chi connectivity index (χ1v) is 7.14. The maximum absolute atomic E-state index is 12.7. The Morgan fingerprint density at radius 3 is 2.65 bits per heavy atom. The molecule has 1 aliphatic heterocycles. The number of rotatable bonds is 1. The van der Waals surface area contributed by atoms with Crippen LogP contribution in [0.15, 0.2) is 48.5 Å². The van der Waals surface area contributed by atoms with E-state index in [0.29, 0.717) is 5.02 Å². The molecule has 1 fully saturated rings. The van der Waals surface area contributed by atoms with Gasteiger partial charge in [0.15, 0.2) is 11.4 Å². The van der Waals surface area contributed by atoms with Crippen LogP contribution in [0.4, 0.5) is 0 Å². The molecular formula is C17H13ClO2. The van der Waals surface area contributed by atoms with Gasteiger partial charge in [0, 0.05) is 10.6 Å². The SMILES string of the molecule is O=C1c2ccccc2CC[C@@]12O[C@@H]2c1ccc(Cl)cc1. The van der Waals surface area contributed by atoms with Crippen LogP contribution in [0.5, 0.6) is 0 Å². The van der Waals surface area contributed by atoms with Gasteiger partial charge in [0.05, 0.1) is 0 Å². The number of carbonyl (C=O) groups is 1. The van der Waals surface area contributed by atoms with Crippen molar-refractivity contribution in [2.24, 2.45) is 0 Å². The van der Waals surface area contributed by atoms with Crippen LogP contribution in [0.3, 0.4) is 0 Å². The molecule has 4 rings (SSSR count). The number of carbonyl (C=O) groups excluding carboxylic acids is 1. The third kappa shape index (κ3) is 1.65. The second-order valence-corrected chi connectivity index (χ2v) is 5.86. The summed E-state index contributed by atoms with van der Waals surface area (Å²) in [5.74, 6) is 0.124. The second kappa shape index (κ2) is 4.18. The molecule has 0 bridgehead atoms. The fraction of sp³-hybridized carbons (Fsp3) is 0.235. The van der Waals surface area contributed by atoms with Gasteiger partial charge in [0.1, 0.15) is 6.10 Å². The molecule has 2 nitrogen and oxygen atoms in total. The van der Waals surface area contributed by atoms with Crippen LogP contribution in [0.25, 0.3) is 0 Å². The van der Waals surface area contributed by atoms with Gasteiger partial charge in [-0.1, -0.05) is 48.0 Å². The summed E-state index contributed by atoms with van der Waals surface area (Å²) in [4.78, 5) is 12.7. The van der Waals surface area contributed by atoms with E-state index in [-0.39, 0.29) is 11.9 Å². The smallest absolute Gasteiger partial charge is 0.198 e. The summed E-state index contributed by atoms with van der Waals surface area (Å²) in [5, 5.41) is 0.698. The average Bonchev–Trinajstić information content (AvgIpc) is 3.20. The first kappa shape index (κ1) is 12.1. The quantitative estimate of drug-likeness (QED) is 0.741. The van der Waals surface area contributed by atoms with E-state index in [4.69, 9.17) is 16.3 Å². The number of hydrogen-bond donors (Lipinski definition) is 0. The van der Waals surface area contributed by atoms with Gasteiger partial charge < -0.3 is 4.74 Å². The largest absolute Gasteiger partial charge is 0.352 e. The van der Waals surface area contributed by atoms with Gasteiger partial charge in [-0.2, -0.15) is 0 Å². The Kier molecular flexibility index (Phi) is 2.53. The zero-order valence-electron chi connectivity index (χ0n) is 10.8. The van der Waals surface area contributed by atoms with E-state index < -0.39 is 5.60 Å². The number of ketones is 1. The van der Waals surface area contributed by atoms with E-state index in [1.807, 2.05) is 48.5 Å². The Morgan fingerprint density at radius 1 is 1.10 bits per heavy atom. The van der Waals surface area contributed by atoms with Crippen molar-refractivity contribution in [1.82, 2.24) is 0 Å². The van der Waals surface area contributed by atoms with Crippen LogP contribution >= 0.6 is 11.6 Å². The highest BCUT2D eigenvalue weighted by molar-refractivity contribution is 6.30. The van der Waals surface area contributed by atoms with Crippen LogP contribution in [0, 0.1) is 0 Å². The number of ether oxygens (including phenoxy) is 1. The van der Waals surface area contributed by atoms with Crippen molar-refractivity contribution in [3.63, 3.8) is 0 Å². The van der Waals surface area contributed by atoms with Gasteiger partial charge in [0.25, 0.3) is 0 Å². The fourth-order valence-electron chi connectivity index (χ4n) is 3.14. The minimum absolute atomic E-state index is 0.124. The van der Waals surface area contributed by atoms with Crippen molar-refractivity contribution in [2.75, 3.05) is 0 Å². The third-order valence-corrected chi connectivity index (χ3v) is 4.53. The Labute approximate surface area is 122 Å². The highest BCUT2D eigenvalue weighted by Gasteiger charge is 2.63. The molecule has 3 heteroatoms. The van der Waals surface area contributed by atoms with Crippen LogP contribution in [-0.2, 0) is 11.2 Å². The van der Waals surface area contributed by atoms with Crippen molar-refractivity contribution < 1.29 is 9.53 Å². The number of halogens is 1. The molecule has 1 spiro atoms. The van der Waals surface area contributed by atoms with E-state index in [9.17, 15) is 4.79 Å². The number of epoxide rings is 1. The predicted octanol–water partition coefficient (Wildman–Crippen LogP) is 3.98. The molecule has 1 heterocycles. The van der Waals surface area contributed by atoms with E-state index in [1.165, 1.54) is 0 Å². The number of fused-ring (bicyclic) bond motifs is 1. The zero-order chi connectivity index (χ0) is 13.7. The average molecular weight is 285 g/mol. The number of hydrogen-bond acceptors (Lipinski definition) is 2. The molecule has 0 unspecified atom stereocenters. The summed E-state index contributed by atoms with van der Waals surface area (Å²) in [6, 6.07) is 15.4. The van der Waals surface area contributed by atoms with Crippen molar-refractivity contribution in [1.29, 1.82) is 0 Å². The summed E-state index contributed by atoms with van der Waals surface area (Å²) >= 11 is 5.90. The van der Waals surface area contributed by atoms with Gasteiger partial charge in [-0.15, -0.1) is 0 Å². The molecule has 0 N–H and O–H groups in total. The lowest BCUT2D eigenvalue weighted by Gasteiger charge is -2.20. The van der Waals surface area contributed by atoms with Crippen molar-refractivity contribution in [3.05, 3.63) is 70.2 Å². The first-order valence-electron chi connectivity index (χ1n) is 6.77. The molecule has 2 aliphatic rings. The maximum atomic E-state index is 12.7. The topological polar surface area (TPSA) is 29.6 Å². The molecule has 2 atom stereocenters. The van der Waals surface area contributed by atoms with Gasteiger partial charge in [-0.05, 0) is 36.1 Å². The van der Waals surface area contributed by atoms with Crippen LogP contribution in [-0.4, -0.2) is 11.4 Å². The van der Waals surface area contributed by atoms with Crippen molar-refractivity contribution in [2.45, 2.75) is 24.5 Å². The molecule has 0 radical (unpaired) electrons. The lowest BCUT2D eigenvalue weighted by Crippen LogP contribution is -2.31. The summed E-state index contributed by atoms with van der Waals surface area (Å²) in [6.07, 6.45) is 1.53. The molecule has 0 amide bonds. The molecule has 1 saturated heterocycles. The lowest BCUT2D eigenvalue weighted by atomic mass is 9.79. The van der Waals surface area contributed by atoms with E-state index in [1.54, 1.807) is 0 Å². The number of benzene rings is 2. The van der Waals surface area contributed by atoms with Crippen LogP contribution in [0.1, 0.15) is 34.0 Å². The molecule has 1 aliphatic carbocycles. The van der Waals surface area contributed by atoms with Gasteiger partial charge in [-0.25, -0.2) is 0 Å². The summed E-state index contributed by atoms with van der Waals surface area (Å²) in [7, 11) is 0. The van der Waals surface area contributed by atoms with Crippen LogP contribution < -0.4 is 0 Å². The predicted molar refractivity (Wildman–Crippen MR) is 77.1 cm³/mol. The Bertz CT molecular complexity index is 692. The Hall–Kier alpha value is -1.64. The highest BCUT2D eigenvalue weighted by atomic mass is 35.5. The fourth-order valence-corrected chi connectivity index (χ4v) is 3.26. The standard InChI is InChI=1S/C17H13ClO2/c18-13-7-5-12(6-8-13)16-17(20-16)10-9-11-3-1-2-4-14(11)15(17)19/h1-8,16H,9-10H2/t16-,17-/m1/s1. The molecule has 2 aromatic rings. The van der Waals surface area contributed by atoms with Gasteiger partial charge in [-0.3, -0.25) is 4.79 Å². The summed E-state index contributed by atoms with van der Waals surface area (Å²) in [5.41, 5.74) is 2.34.